The molecule has 2 aromatic carbocycles. The fourth-order valence-corrected chi connectivity index (χ4v) is 3.68. The predicted octanol–water partition coefficient (Wildman–Crippen LogP) is 1.63. The second-order valence-corrected chi connectivity index (χ2v) is 8.35. The third-order valence-electron chi connectivity index (χ3n) is 5.59. The number of carbonyl (C=O) groups is 1. The molecule has 1 radical (unpaired) electrons. The standard InChI is InChI=1S/2C12H9N3.C5H4N2O4.Mn.H2O/c2*1-2-6-10-9(5-1)14-12(15-10)11-7-3-4-8-13-11;8-3-2(4(9)10)1-6-5(11)7-3;;/h2*1-8H,(H,14,15);1H,(H,9,10)(H2,6,7,8,11);;1H2/q;;;+2;/p-2. The maximum absolute atomic E-state index is 10.6. The summed E-state index contributed by atoms with van der Waals surface area (Å²) in [6, 6.07) is 27.5. The summed E-state index contributed by atoms with van der Waals surface area (Å²) in [5.74, 6) is -1.02. The van der Waals surface area contributed by atoms with E-state index in [4.69, 9.17) is 0 Å². The van der Waals surface area contributed by atoms with Crippen molar-refractivity contribution in [1.29, 1.82) is 0 Å². The number of nitrogens with zero attached hydrogens (tertiary/aromatic N) is 5. The van der Waals surface area contributed by atoms with Gasteiger partial charge >= 0.3 is 22.8 Å². The van der Waals surface area contributed by atoms with Gasteiger partial charge in [0.05, 0.1) is 28.0 Å². The number of fused-ring (bicyclic) bond motifs is 2. The minimum atomic E-state index is -1.65. The first kappa shape index (κ1) is 31.8. The van der Waals surface area contributed by atoms with Crippen LogP contribution in [0.2, 0.25) is 0 Å². The predicted molar refractivity (Wildman–Crippen MR) is 151 cm³/mol. The number of aromatic carboxylic acids is 1. The fourth-order valence-electron chi connectivity index (χ4n) is 3.68. The van der Waals surface area contributed by atoms with E-state index in [2.05, 4.69) is 34.9 Å². The van der Waals surface area contributed by atoms with Crippen LogP contribution in [0.4, 0.5) is 0 Å². The molecule has 13 nitrogen and oxygen atoms in total. The summed E-state index contributed by atoms with van der Waals surface area (Å²) in [4.78, 5) is 49.0. The molecule has 7 rings (SSSR count). The zero-order valence-corrected chi connectivity index (χ0v) is 23.2. The molecule has 0 saturated carbocycles. The third-order valence-corrected chi connectivity index (χ3v) is 5.59. The number of carboxylic acid groups (broad SMARTS) is 1. The van der Waals surface area contributed by atoms with E-state index < -0.39 is 23.1 Å². The summed E-state index contributed by atoms with van der Waals surface area (Å²) < 4.78 is 0. The molecule has 0 amide bonds. The molecular weight excluding hydrogens is 595 g/mol. The maximum Gasteiger partial charge on any atom is 2.00 e. The Balaban J connectivity index is 0.000000175. The van der Waals surface area contributed by atoms with Gasteiger partial charge in [-0.2, -0.15) is 0 Å². The number of carbonyl (C=O) groups excluding carboxylic acids is 1. The quantitative estimate of drug-likeness (QED) is 0.245. The zero-order chi connectivity index (χ0) is 28.6. The van der Waals surface area contributed by atoms with Crippen molar-refractivity contribution in [3.8, 4) is 28.9 Å². The maximum atomic E-state index is 10.6. The zero-order valence-electron chi connectivity index (χ0n) is 22.1. The number of imidazole rings is 2. The molecule has 215 valence electrons. The minimum absolute atomic E-state index is 0. The summed E-state index contributed by atoms with van der Waals surface area (Å²) in [5, 5.41) is 20.6. The Labute approximate surface area is 253 Å². The fraction of sp³-hybridized carbons (Fsp3) is 0. The van der Waals surface area contributed by atoms with E-state index >= 15 is 0 Å². The molecule has 0 bridgehead atoms. The Morgan fingerprint density at radius 3 is 1.51 bits per heavy atom. The molecule has 0 spiro atoms. The average molecular weight is 617 g/mol. The van der Waals surface area contributed by atoms with Gasteiger partial charge in [0.25, 0.3) is 0 Å². The van der Waals surface area contributed by atoms with Crippen LogP contribution in [-0.2, 0) is 17.1 Å². The van der Waals surface area contributed by atoms with Crippen LogP contribution in [-0.4, -0.2) is 51.3 Å². The minimum Gasteiger partial charge on any atom is -0.860 e. The van der Waals surface area contributed by atoms with Crippen molar-refractivity contribution in [3.63, 3.8) is 0 Å². The largest absolute Gasteiger partial charge is 2.00 e. The molecule has 5 heterocycles. The number of nitrogens with one attached hydrogen (secondary N) is 3. The number of aromatic nitrogens is 8. The topological polar surface area (TPSA) is 224 Å². The molecule has 5 aromatic heterocycles. The van der Waals surface area contributed by atoms with Crippen LogP contribution in [0.1, 0.15) is 10.4 Å². The van der Waals surface area contributed by atoms with Crippen LogP contribution in [0, 0.1) is 0 Å². The van der Waals surface area contributed by atoms with Crippen LogP contribution < -0.4 is 15.9 Å². The molecule has 0 aliphatic rings. The first-order chi connectivity index (χ1) is 20.0. The SMILES string of the molecule is O.O=C([O-])c1cnc(=O)[nH]c1[O-].[Mn+2].c1ccc(-c2nc3ccccc3[nH]2)nc1.c1ccc(-c2nc3ccccc3[nH]2)nc1. The van der Waals surface area contributed by atoms with Gasteiger partial charge in [-0.15, -0.1) is 0 Å². The van der Waals surface area contributed by atoms with Gasteiger partial charge in [0, 0.05) is 24.2 Å². The number of para-hydroxylation sites is 4. The van der Waals surface area contributed by atoms with Gasteiger partial charge in [-0.1, -0.05) is 36.4 Å². The molecule has 0 fully saturated rings. The van der Waals surface area contributed by atoms with E-state index in [9.17, 15) is 19.8 Å². The number of hydrogen-bond acceptors (Lipinski definition) is 9. The summed E-state index contributed by atoms with van der Waals surface area (Å²) in [5.41, 5.74) is 4.24. The first-order valence-electron chi connectivity index (χ1n) is 12.2. The number of pyridine rings is 2. The van der Waals surface area contributed by atoms with Crippen molar-refractivity contribution in [3.05, 3.63) is 120 Å². The molecule has 0 saturated heterocycles. The molecule has 0 aliphatic heterocycles. The second-order valence-electron chi connectivity index (χ2n) is 8.35. The van der Waals surface area contributed by atoms with Gasteiger partial charge in [0.1, 0.15) is 11.4 Å². The number of rotatable bonds is 3. The second kappa shape index (κ2) is 14.8. The number of aromatic amines is 3. The van der Waals surface area contributed by atoms with E-state index in [0.29, 0.717) is 6.20 Å². The third kappa shape index (κ3) is 7.95. The Kier molecular flexibility index (Phi) is 11.0. The van der Waals surface area contributed by atoms with Gasteiger partial charge in [-0.25, -0.2) is 19.7 Å². The Bertz CT molecular complexity index is 1800. The van der Waals surface area contributed by atoms with Crippen molar-refractivity contribution in [1.82, 2.24) is 39.9 Å². The monoisotopic (exact) mass is 617 g/mol. The summed E-state index contributed by atoms with van der Waals surface area (Å²) in [6.45, 7) is 0. The molecule has 14 heteroatoms. The van der Waals surface area contributed by atoms with Crippen molar-refractivity contribution >= 4 is 28.0 Å². The van der Waals surface area contributed by atoms with E-state index in [1.54, 1.807) is 17.4 Å². The summed E-state index contributed by atoms with van der Waals surface area (Å²) in [7, 11) is 0. The first-order valence-corrected chi connectivity index (χ1v) is 12.2. The van der Waals surface area contributed by atoms with Gasteiger partial charge < -0.3 is 35.4 Å². The van der Waals surface area contributed by atoms with Crippen molar-refractivity contribution in [2.24, 2.45) is 0 Å². The van der Waals surface area contributed by atoms with Gasteiger partial charge in [-0.3, -0.25) is 9.97 Å². The Morgan fingerprint density at radius 1 is 0.651 bits per heavy atom. The summed E-state index contributed by atoms with van der Waals surface area (Å²) >= 11 is 0. The number of carboxylic acids is 1. The molecular formula is C29H22MnN8O5. The van der Waals surface area contributed by atoms with Crippen molar-refractivity contribution in [2.75, 3.05) is 0 Å². The molecule has 5 N–H and O–H groups in total. The van der Waals surface area contributed by atoms with Crippen LogP contribution in [0.3, 0.4) is 0 Å². The van der Waals surface area contributed by atoms with Crippen LogP contribution in [0.15, 0.2) is 108 Å². The molecule has 43 heavy (non-hydrogen) atoms. The van der Waals surface area contributed by atoms with E-state index in [0.717, 1.165) is 45.1 Å². The van der Waals surface area contributed by atoms with Gasteiger partial charge in [0.2, 0.25) is 0 Å². The van der Waals surface area contributed by atoms with Crippen LogP contribution in [0.25, 0.3) is 45.1 Å². The van der Waals surface area contributed by atoms with E-state index in [1.165, 1.54) is 0 Å². The number of H-pyrrole nitrogens is 3. The number of benzene rings is 2. The van der Waals surface area contributed by atoms with E-state index in [1.807, 2.05) is 84.9 Å². The van der Waals surface area contributed by atoms with Crippen molar-refractivity contribution in [2.45, 2.75) is 0 Å². The molecule has 0 aliphatic carbocycles. The summed E-state index contributed by atoms with van der Waals surface area (Å²) in [6.07, 6.45) is 4.20. The van der Waals surface area contributed by atoms with Gasteiger partial charge in [-0.05, 0) is 54.4 Å². The van der Waals surface area contributed by atoms with Crippen LogP contribution in [0.5, 0.6) is 5.88 Å². The van der Waals surface area contributed by atoms with E-state index in [-0.39, 0.29) is 22.5 Å². The molecule has 7 aromatic rings. The Hall–Kier alpha value is -5.69. The van der Waals surface area contributed by atoms with Crippen LogP contribution >= 0.6 is 0 Å². The average Bonchev–Trinajstić information content (AvgIpc) is 3.63. The normalized spacial score (nSPS) is 9.86. The van der Waals surface area contributed by atoms with Gasteiger partial charge in [0.15, 0.2) is 11.6 Å². The number of hydrogen-bond donors (Lipinski definition) is 3. The molecule has 0 unspecified atom stereocenters. The Morgan fingerprint density at radius 2 is 1.12 bits per heavy atom. The van der Waals surface area contributed by atoms with Crippen molar-refractivity contribution < 1.29 is 37.6 Å². The molecule has 0 atom stereocenters. The smallest absolute Gasteiger partial charge is 0.860 e.